The lowest BCUT2D eigenvalue weighted by molar-refractivity contribution is -0.0165. The topological polar surface area (TPSA) is 27.7 Å². The van der Waals surface area contributed by atoms with E-state index < -0.39 is 0 Å². The summed E-state index contributed by atoms with van der Waals surface area (Å²) in [6.07, 6.45) is 3.75. The third-order valence-electron chi connectivity index (χ3n) is 4.49. The summed E-state index contributed by atoms with van der Waals surface area (Å²) in [6, 6.07) is 1.98. The molecule has 0 aromatic rings. The van der Waals surface area contributed by atoms with Gasteiger partial charge in [-0.2, -0.15) is 0 Å². The van der Waals surface area contributed by atoms with Crippen LogP contribution >= 0.6 is 0 Å². The van der Waals surface area contributed by atoms with Gasteiger partial charge in [0.05, 0.1) is 6.61 Å². The standard InChI is InChI=1S/C14H29N3O/c1-4-15-13-7-10-18-11-14(13)17-8-5-12(6-9-17)16(2)3/h12-15H,4-11H2,1-3H3. The van der Waals surface area contributed by atoms with Crippen molar-refractivity contribution in [3.8, 4) is 0 Å². The maximum absolute atomic E-state index is 5.69. The Morgan fingerprint density at radius 2 is 1.94 bits per heavy atom. The van der Waals surface area contributed by atoms with Crippen LogP contribution in [0.3, 0.4) is 0 Å². The van der Waals surface area contributed by atoms with Crippen LogP contribution in [0.15, 0.2) is 0 Å². The molecule has 2 heterocycles. The fourth-order valence-electron chi connectivity index (χ4n) is 3.32. The van der Waals surface area contributed by atoms with Gasteiger partial charge in [0, 0.05) is 37.8 Å². The molecule has 2 aliphatic heterocycles. The zero-order chi connectivity index (χ0) is 13.0. The Kier molecular flexibility index (Phi) is 5.42. The van der Waals surface area contributed by atoms with Gasteiger partial charge in [-0.3, -0.25) is 4.90 Å². The molecule has 2 atom stereocenters. The second-order valence-corrected chi connectivity index (χ2v) is 5.83. The van der Waals surface area contributed by atoms with E-state index in [0.717, 1.165) is 32.2 Å². The second-order valence-electron chi connectivity index (χ2n) is 5.83. The molecule has 2 fully saturated rings. The molecule has 0 aromatic carbocycles. The van der Waals surface area contributed by atoms with Crippen molar-refractivity contribution in [1.29, 1.82) is 0 Å². The molecule has 0 aromatic heterocycles. The van der Waals surface area contributed by atoms with Gasteiger partial charge in [0.2, 0.25) is 0 Å². The van der Waals surface area contributed by atoms with Crippen LogP contribution in [0.25, 0.3) is 0 Å². The monoisotopic (exact) mass is 255 g/mol. The van der Waals surface area contributed by atoms with Crippen molar-refractivity contribution in [2.24, 2.45) is 0 Å². The van der Waals surface area contributed by atoms with Crippen molar-refractivity contribution in [1.82, 2.24) is 15.1 Å². The number of piperidine rings is 1. The van der Waals surface area contributed by atoms with E-state index in [4.69, 9.17) is 4.74 Å². The molecule has 106 valence electrons. The van der Waals surface area contributed by atoms with Crippen LogP contribution in [-0.4, -0.2) is 74.9 Å². The van der Waals surface area contributed by atoms with Gasteiger partial charge in [-0.25, -0.2) is 0 Å². The van der Waals surface area contributed by atoms with Crippen molar-refractivity contribution in [3.05, 3.63) is 0 Å². The molecule has 0 amide bonds. The van der Waals surface area contributed by atoms with Crippen molar-refractivity contribution in [2.75, 3.05) is 46.9 Å². The van der Waals surface area contributed by atoms with Gasteiger partial charge in [-0.05, 0) is 39.9 Å². The lowest BCUT2D eigenvalue weighted by Crippen LogP contribution is -2.58. The summed E-state index contributed by atoms with van der Waals surface area (Å²) in [5, 5.41) is 3.63. The minimum absolute atomic E-state index is 0.585. The fraction of sp³-hybridized carbons (Fsp3) is 1.00. The lowest BCUT2D eigenvalue weighted by Gasteiger charge is -2.44. The molecule has 2 rings (SSSR count). The first-order valence-corrected chi connectivity index (χ1v) is 7.44. The first-order valence-electron chi connectivity index (χ1n) is 7.44. The average Bonchev–Trinajstić information content (AvgIpc) is 2.40. The molecule has 0 bridgehead atoms. The Bertz CT molecular complexity index is 237. The molecule has 0 aliphatic carbocycles. The predicted molar refractivity (Wildman–Crippen MR) is 75.0 cm³/mol. The number of rotatable bonds is 4. The van der Waals surface area contributed by atoms with Gasteiger partial charge >= 0.3 is 0 Å². The molecule has 18 heavy (non-hydrogen) atoms. The summed E-state index contributed by atoms with van der Waals surface area (Å²) >= 11 is 0. The number of hydrogen-bond acceptors (Lipinski definition) is 4. The number of nitrogens with one attached hydrogen (secondary N) is 1. The van der Waals surface area contributed by atoms with Gasteiger partial charge in [-0.1, -0.05) is 6.92 Å². The molecule has 2 aliphatic rings. The van der Waals surface area contributed by atoms with E-state index in [2.05, 4.69) is 36.1 Å². The highest BCUT2D eigenvalue weighted by molar-refractivity contribution is 4.90. The van der Waals surface area contributed by atoms with Gasteiger partial charge in [-0.15, -0.1) is 0 Å². The van der Waals surface area contributed by atoms with Crippen LogP contribution in [0, 0.1) is 0 Å². The maximum atomic E-state index is 5.69. The summed E-state index contributed by atoms with van der Waals surface area (Å²) in [7, 11) is 4.40. The molecular weight excluding hydrogens is 226 g/mol. The van der Waals surface area contributed by atoms with Crippen LogP contribution in [0.2, 0.25) is 0 Å². The number of hydrogen-bond donors (Lipinski definition) is 1. The lowest BCUT2D eigenvalue weighted by atomic mass is 9.96. The zero-order valence-corrected chi connectivity index (χ0v) is 12.2. The molecule has 2 saturated heterocycles. The van der Waals surface area contributed by atoms with E-state index >= 15 is 0 Å². The van der Waals surface area contributed by atoms with Crippen LogP contribution in [0.4, 0.5) is 0 Å². The molecule has 0 spiro atoms. The molecule has 0 radical (unpaired) electrons. The quantitative estimate of drug-likeness (QED) is 0.803. The first-order chi connectivity index (χ1) is 8.72. The van der Waals surface area contributed by atoms with Crippen LogP contribution in [-0.2, 0) is 4.74 Å². The Hall–Kier alpha value is -0.160. The van der Waals surface area contributed by atoms with E-state index in [-0.39, 0.29) is 0 Å². The SMILES string of the molecule is CCNC1CCOCC1N1CCC(N(C)C)CC1. The third kappa shape index (κ3) is 3.44. The Balaban J connectivity index is 1.86. The molecule has 2 unspecified atom stereocenters. The molecule has 4 heteroatoms. The summed E-state index contributed by atoms with van der Waals surface area (Å²) in [4.78, 5) is 5.02. The van der Waals surface area contributed by atoms with E-state index in [9.17, 15) is 0 Å². The Morgan fingerprint density at radius 3 is 2.56 bits per heavy atom. The zero-order valence-electron chi connectivity index (χ0n) is 12.2. The number of ether oxygens (including phenoxy) is 1. The van der Waals surface area contributed by atoms with E-state index in [0.29, 0.717) is 12.1 Å². The van der Waals surface area contributed by atoms with Crippen molar-refractivity contribution < 1.29 is 4.74 Å². The normalized spacial score (nSPS) is 32.0. The number of likely N-dealkylation sites (N-methyl/N-ethyl adjacent to an activating group) is 1. The molecule has 4 nitrogen and oxygen atoms in total. The summed E-state index contributed by atoms with van der Waals surface area (Å²) < 4.78 is 5.69. The highest BCUT2D eigenvalue weighted by Crippen LogP contribution is 2.21. The van der Waals surface area contributed by atoms with Gasteiger partial charge in [0.1, 0.15) is 0 Å². The van der Waals surface area contributed by atoms with Crippen LogP contribution in [0.5, 0.6) is 0 Å². The minimum Gasteiger partial charge on any atom is -0.380 e. The number of nitrogens with zero attached hydrogens (tertiary/aromatic N) is 2. The smallest absolute Gasteiger partial charge is 0.0637 e. The highest BCUT2D eigenvalue weighted by atomic mass is 16.5. The van der Waals surface area contributed by atoms with Gasteiger partial charge in [0.25, 0.3) is 0 Å². The second kappa shape index (κ2) is 6.85. The van der Waals surface area contributed by atoms with Gasteiger partial charge < -0.3 is 15.0 Å². The highest BCUT2D eigenvalue weighted by Gasteiger charge is 2.32. The van der Waals surface area contributed by atoms with Crippen molar-refractivity contribution in [2.45, 2.75) is 44.3 Å². The molecule has 1 N–H and O–H groups in total. The van der Waals surface area contributed by atoms with E-state index in [1.807, 2.05) is 0 Å². The summed E-state index contributed by atoms with van der Waals surface area (Å²) in [6.45, 7) is 7.53. The Labute approximate surface area is 112 Å². The first kappa shape index (κ1) is 14.3. The fourth-order valence-corrected chi connectivity index (χ4v) is 3.32. The summed E-state index contributed by atoms with van der Waals surface area (Å²) in [5.41, 5.74) is 0. The van der Waals surface area contributed by atoms with Crippen LogP contribution in [0.1, 0.15) is 26.2 Å². The average molecular weight is 255 g/mol. The predicted octanol–water partition coefficient (Wildman–Crippen LogP) is 0.779. The minimum atomic E-state index is 0.585. The Morgan fingerprint density at radius 1 is 1.22 bits per heavy atom. The number of likely N-dealkylation sites (tertiary alicyclic amines) is 1. The molecule has 0 saturated carbocycles. The van der Waals surface area contributed by atoms with Crippen LogP contribution < -0.4 is 5.32 Å². The van der Waals surface area contributed by atoms with E-state index in [1.165, 1.54) is 25.9 Å². The largest absolute Gasteiger partial charge is 0.380 e. The van der Waals surface area contributed by atoms with Gasteiger partial charge in [0.15, 0.2) is 0 Å². The van der Waals surface area contributed by atoms with E-state index in [1.54, 1.807) is 0 Å². The van der Waals surface area contributed by atoms with Crippen molar-refractivity contribution in [3.63, 3.8) is 0 Å². The molecular formula is C14H29N3O. The maximum Gasteiger partial charge on any atom is 0.0637 e. The summed E-state index contributed by atoms with van der Waals surface area (Å²) in [5.74, 6) is 0. The van der Waals surface area contributed by atoms with Crippen molar-refractivity contribution >= 4 is 0 Å². The third-order valence-corrected chi connectivity index (χ3v) is 4.49.